The van der Waals surface area contributed by atoms with Crippen LogP contribution < -0.4 is 36.1 Å². The van der Waals surface area contributed by atoms with E-state index >= 15 is 0 Å². The van der Waals surface area contributed by atoms with Crippen molar-refractivity contribution >= 4 is 46.4 Å². The van der Waals surface area contributed by atoms with Gasteiger partial charge in [0.05, 0.1) is 22.8 Å². The van der Waals surface area contributed by atoms with Crippen molar-refractivity contribution < 1.29 is 14.3 Å². The average molecular weight is 825 g/mol. The lowest BCUT2D eigenvalue weighted by Gasteiger charge is -2.27. The van der Waals surface area contributed by atoms with Crippen LogP contribution in [0.4, 0.5) is 5.69 Å². The quantitative estimate of drug-likeness (QED) is 0.0747. The molecule has 2 fully saturated rings. The standard InChI is InChI=1S/C41H52Cl3N9O3/c1-55-40-31(27-48-13-5-19-53-22-16-46-17-23-53)24-34(42)41(51-40)56-28-30-6-2-7-32(37(30)43)33-8-3-9-35(38(33)44)50-39(54)36-11-10-29(26-49-36)25-47-12-4-18-52-20-14-45-15-21-52/h2-3,6-11,24,26,45-48H,4-5,12-23,25,27-28H2,1H3,(H,50,54). The van der Waals surface area contributed by atoms with Gasteiger partial charge in [-0.3, -0.25) is 9.78 Å². The Kier molecular flexibility index (Phi) is 16.4. The fraction of sp³-hybridized carbons (Fsp3) is 0.439. The summed E-state index contributed by atoms with van der Waals surface area (Å²) >= 11 is 20.5. The van der Waals surface area contributed by atoms with Crippen LogP contribution in [-0.4, -0.2) is 111 Å². The number of ether oxygens (including phenoxy) is 2. The number of amides is 1. The largest absolute Gasteiger partial charge is 0.481 e. The summed E-state index contributed by atoms with van der Waals surface area (Å²) in [5.41, 5.74) is 4.65. The number of benzene rings is 2. The van der Waals surface area contributed by atoms with Crippen molar-refractivity contribution in [1.82, 2.24) is 41.0 Å². The van der Waals surface area contributed by atoms with Crippen LogP contribution in [0.3, 0.4) is 0 Å². The molecule has 2 saturated heterocycles. The topological polar surface area (TPSA) is 128 Å². The molecule has 6 rings (SSSR count). The van der Waals surface area contributed by atoms with Crippen molar-refractivity contribution in [3.8, 4) is 22.9 Å². The van der Waals surface area contributed by atoms with Crippen molar-refractivity contribution in [1.29, 1.82) is 0 Å². The van der Waals surface area contributed by atoms with Crippen LogP contribution in [0.5, 0.6) is 11.8 Å². The molecule has 15 heteroatoms. The molecular weight excluding hydrogens is 773 g/mol. The molecule has 0 atom stereocenters. The van der Waals surface area contributed by atoms with Crippen LogP contribution >= 0.6 is 34.8 Å². The molecule has 2 aliphatic rings. The summed E-state index contributed by atoms with van der Waals surface area (Å²) in [4.78, 5) is 27.1. The summed E-state index contributed by atoms with van der Waals surface area (Å²) in [5.74, 6) is 0.328. The van der Waals surface area contributed by atoms with Crippen LogP contribution in [0.2, 0.25) is 15.1 Å². The molecule has 2 aromatic carbocycles. The first kappa shape index (κ1) is 42.1. The van der Waals surface area contributed by atoms with E-state index in [1.165, 1.54) is 0 Å². The average Bonchev–Trinajstić information content (AvgIpc) is 3.22. The third kappa shape index (κ3) is 12.0. The normalized spacial score (nSPS) is 15.1. The lowest BCUT2D eigenvalue weighted by molar-refractivity contribution is 0.102. The number of carbonyl (C=O) groups is 1. The molecule has 1 amide bonds. The maximum absolute atomic E-state index is 13.2. The first-order valence-electron chi connectivity index (χ1n) is 19.4. The van der Waals surface area contributed by atoms with E-state index in [-0.39, 0.29) is 18.4 Å². The molecule has 300 valence electrons. The van der Waals surface area contributed by atoms with E-state index in [0.717, 1.165) is 103 Å². The highest BCUT2D eigenvalue weighted by molar-refractivity contribution is 6.39. The molecule has 0 unspecified atom stereocenters. The molecular formula is C41H52Cl3N9O3. The molecule has 4 aromatic rings. The molecule has 2 aromatic heterocycles. The SMILES string of the molecule is COc1nc(OCc2cccc(-c3cccc(NC(=O)c4ccc(CNCCCN5CCNCC5)cn4)c3Cl)c2Cl)c(Cl)cc1CNCCCN1CCNCC1. The number of methoxy groups -OCH3 is 1. The Morgan fingerprint density at radius 2 is 1.43 bits per heavy atom. The number of hydrogen-bond donors (Lipinski definition) is 5. The smallest absolute Gasteiger partial charge is 0.274 e. The third-order valence-electron chi connectivity index (χ3n) is 9.93. The van der Waals surface area contributed by atoms with Gasteiger partial charge in [-0.15, -0.1) is 0 Å². The van der Waals surface area contributed by atoms with E-state index in [2.05, 4.69) is 46.4 Å². The fourth-order valence-corrected chi connectivity index (χ4v) is 7.60. The molecule has 0 bridgehead atoms. The van der Waals surface area contributed by atoms with Gasteiger partial charge in [0.25, 0.3) is 5.91 Å². The Hall–Kier alpha value is -3.56. The van der Waals surface area contributed by atoms with Crippen LogP contribution in [0, 0.1) is 0 Å². The van der Waals surface area contributed by atoms with Gasteiger partial charge >= 0.3 is 0 Å². The van der Waals surface area contributed by atoms with E-state index in [4.69, 9.17) is 44.3 Å². The van der Waals surface area contributed by atoms with Crippen molar-refractivity contribution in [2.45, 2.75) is 32.5 Å². The third-order valence-corrected chi connectivity index (χ3v) is 11.1. The second-order valence-electron chi connectivity index (χ2n) is 13.9. The first-order valence-corrected chi connectivity index (χ1v) is 20.5. The Morgan fingerprint density at radius 1 is 0.786 bits per heavy atom. The zero-order valence-electron chi connectivity index (χ0n) is 31.9. The lowest BCUT2D eigenvalue weighted by atomic mass is 10.0. The maximum atomic E-state index is 13.2. The van der Waals surface area contributed by atoms with Crippen molar-refractivity contribution in [2.75, 3.05) is 91.0 Å². The van der Waals surface area contributed by atoms with Gasteiger partial charge in [-0.2, -0.15) is 4.98 Å². The van der Waals surface area contributed by atoms with Crippen LogP contribution in [0.25, 0.3) is 11.1 Å². The van der Waals surface area contributed by atoms with Gasteiger partial charge in [0.2, 0.25) is 11.8 Å². The van der Waals surface area contributed by atoms with Gasteiger partial charge in [-0.1, -0.05) is 71.2 Å². The zero-order chi connectivity index (χ0) is 39.1. The van der Waals surface area contributed by atoms with Gasteiger partial charge < -0.3 is 45.9 Å². The first-order chi connectivity index (χ1) is 27.4. The number of aromatic nitrogens is 2. The second-order valence-corrected chi connectivity index (χ2v) is 15.1. The van der Waals surface area contributed by atoms with E-state index in [1.807, 2.05) is 42.5 Å². The number of pyridine rings is 2. The number of carbonyl (C=O) groups excluding carboxylic acids is 1. The molecule has 5 N–H and O–H groups in total. The minimum Gasteiger partial charge on any atom is -0.481 e. The molecule has 0 aliphatic carbocycles. The van der Waals surface area contributed by atoms with Crippen LogP contribution in [0.15, 0.2) is 60.8 Å². The van der Waals surface area contributed by atoms with E-state index in [1.54, 1.807) is 25.4 Å². The highest BCUT2D eigenvalue weighted by atomic mass is 35.5. The van der Waals surface area contributed by atoms with Gasteiger partial charge in [0.15, 0.2) is 0 Å². The maximum Gasteiger partial charge on any atom is 0.274 e. The zero-order valence-corrected chi connectivity index (χ0v) is 34.2. The van der Waals surface area contributed by atoms with Crippen molar-refractivity contribution in [2.24, 2.45) is 0 Å². The predicted octanol–water partition coefficient (Wildman–Crippen LogP) is 5.71. The molecule has 12 nitrogen and oxygen atoms in total. The number of rotatable bonds is 19. The summed E-state index contributed by atoms with van der Waals surface area (Å²) in [7, 11) is 1.58. The van der Waals surface area contributed by atoms with E-state index in [0.29, 0.717) is 62.1 Å². The fourth-order valence-electron chi connectivity index (χ4n) is 6.81. The van der Waals surface area contributed by atoms with E-state index < -0.39 is 0 Å². The number of nitrogens with one attached hydrogen (secondary N) is 5. The summed E-state index contributed by atoms with van der Waals surface area (Å²) < 4.78 is 11.7. The Morgan fingerprint density at radius 3 is 2.07 bits per heavy atom. The number of halogens is 3. The number of piperazine rings is 2. The lowest BCUT2D eigenvalue weighted by Crippen LogP contribution is -2.44. The van der Waals surface area contributed by atoms with Crippen molar-refractivity contribution in [3.63, 3.8) is 0 Å². The summed E-state index contributed by atoms with van der Waals surface area (Å²) in [5, 5.41) is 17.8. The highest BCUT2D eigenvalue weighted by Gasteiger charge is 2.18. The minimum absolute atomic E-state index is 0.105. The molecule has 2 aliphatic heterocycles. The van der Waals surface area contributed by atoms with Crippen molar-refractivity contribution in [3.05, 3.63) is 98.2 Å². The number of nitrogens with zero attached hydrogens (tertiary/aromatic N) is 4. The Bertz CT molecular complexity index is 1870. The van der Waals surface area contributed by atoms with E-state index in [9.17, 15) is 4.79 Å². The van der Waals surface area contributed by atoms with Crippen LogP contribution in [0.1, 0.15) is 40.0 Å². The predicted molar refractivity (Wildman–Crippen MR) is 225 cm³/mol. The van der Waals surface area contributed by atoms with Gasteiger partial charge in [-0.05, 0) is 62.8 Å². The summed E-state index contributed by atoms with van der Waals surface area (Å²) in [6.07, 6.45) is 3.87. The number of anilines is 1. The van der Waals surface area contributed by atoms with Gasteiger partial charge in [0.1, 0.15) is 17.3 Å². The second kappa shape index (κ2) is 21.8. The Balaban J connectivity index is 1.01. The molecule has 0 spiro atoms. The molecule has 0 radical (unpaired) electrons. The Labute approximate surface area is 345 Å². The highest BCUT2D eigenvalue weighted by Crippen LogP contribution is 2.39. The molecule has 56 heavy (non-hydrogen) atoms. The monoisotopic (exact) mass is 823 g/mol. The summed E-state index contributed by atoms with van der Waals surface area (Å²) in [6, 6.07) is 16.5. The number of hydrogen-bond acceptors (Lipinski definition) is 11. The molecule has 0 saturated carbocycles. The molecule has 4 heterocycles. The van der Waals surface area contributed by atoms with Gasteiger partial charge in [0, 0.05) is 93.9 Å². The summed E-state index contributed by atoms with van der Waals surface area (Å²) in [6.45, 7) is 14.0. The van der Waals surface area contributed by atoms with Crippen LogP contribution in [-0.2, 0) is 19.7 Å². The minimum atomic E-state index is -0.361. The van der Waals surface area contributed by atoms with Gasteiger partial charge in [-0.25, -0.2) is 0 Å².